The van der Waals surface area contributed by atoms with E-state index in [9.17, 15) is 0 Å². The van der Waals surface area contributed by atoms with Crippen LogP contribution in [0.3, 0.4) is 0 Å². The summed E-state index contributed by atoms with van der Waals surface area (Å²) in [5.41, 5.74) is 5.45. The Kier molecular flexibility index (Phi) is 3.33. The highest BCUT2D eigenvalue weighted by molar-refractivity contribution is 5.99. The van der Waals surface area contributed by atoms with Crippen LogP contribution in [0.1, 0.15) is 12.6 Å². The van der Waals surface area contributed by atoms with Crippen molar-refractivity contribution in [2.24, 2.45) is 5.10 Å². The number of pyridine rings is 1. The molecular formula is C15H13N5. The Hall–Kier alpha value is -2.82. The first-order valence-electron chi connectivity index (χ1n) is 6.25. The molecule has 0 aliphatic heterocycles. The number of nitrogens with zero attached hydrogens (tertiary/aromatic N) is 4. The number of fused-ring (bicyclic) bond motifs is 1. The van der Waals surface area contributed by atoms with Crippen molar-refractivity contribution < 1.29 is 0 Å². The highest BCUT2D eigenvalue weighted by Crippen LogP contribution is 2.12. The predicted molar refractivity (Wildman–Crippen MR) is 79.6 cm³/mol. The second-order valence-corrected chi connectivity index (χ2v) is 4.29. The van der Waals surface area contributed by atoms with Crippen LogP contribution in [0.2, 0.25) is 0 Å². The molecule has 0 saturated carbocycles. The minimum atomic E-state index is 0.604. The van der Waals surface area contributed by atoms with Crippen molar-refractivity contribution in [3.63, 3.8) is 0 Å². The van der Waals surface area contributed by atoms with E-state index in [1.54, 1.807) is 18.6 Å². The van der Waals surface area contributed by atoms with Crippen LogP contribution in [0.15, 0.2) is 60.1 Å². The average Bonchev–Trinajstić information content (AvgIpc) is 2.53. The number of hydrogen-bond acceptors (Lipinski definition) is 5. The number of nitrogens with one attached hydrogen (secondary N) is 1. The molecule has 0 amide bonds. The summed E-state index contributed by atoms with van der Waals surface area (Å²) in [6.07, 6.45) is 4.85. The normalized spacial score (nSPS) is 11.6. The Morgan fingerprint density at radius 1 is 1.10 bits per heavy atom. The molecule has 5 nitrogen and oxygen atoms in total. The van der Waals surface area contributed by atoms with E-state index in [4.69, 9.17) is 0 Å². The van der Waals surface area contributed by atoms with Crippen LogP contribution in [-0.4, -0.2) is 20.7 Å². The number of hydrogen-bond donors (Lipinski definition) is 1. The maximum absolute atomic E-state index is 4.58. The van der Waals surface area contributed by atoms with E-state index in [2.05, 4.69) is 25.5 Å². The van der Waals surface area contributed by atoms with Crippen LogP contribution in [-0.2, 0) is 0 Å². The fourth-order valence-corrected chi connectivity index (χ4v) is 1.82. The van der Waals surface area contributed by atoms with Gasteiger partial charge in [-0.05, 0) is 19.1 Å². The van der Waals surface area contributed by atoms with Gasteiger partial charge in [-0.15, -0.1) is 0 Å². The summed E-state index contributed by atoms with van der Waals surface area (Å²) < 4.78 is 0. The molecular weight excluding hydrogens is 250 g/mol. The quantitative estimate of drug-likeness (QED) is 0.583. The molecule has 0 fully saturated rings. The standard InChI is InChI=1S/C15H13N5/c1-11(19-20-15-10-16-8-9-17-15)13-7-6-12-4-2-3-5-14(12)18-13/h2-10H,1H3,(H,17,20)/b19-11+. The van der Waals surface area contributed by atoms with Crippen molar-refractivity contribution >= 4 is 22.4 Å². The molecule has 0 aliphatic rings. The minimum absolute atomic E-state index is 0.604. The molecule has 98 valence electrons. The molecule has 0 bridgehead atoms. The van der Waals surface area contributed by atoms with Gasteiger partial charge in [0.05, 0.1) is 23.1 Å². The van der Waals surface area contributed by atoms with Gasteiger partial charge in [-0.3, -0.25) is 10.4 Å². The maximum Gasteiger partial charge on any atom is 0.164 e. The fourth-order valence-electron chi connectivity index (χ4n) is 1.82. The highest BCUT2D eigenvalue weighted by Gasteiger charge is 2.01. The number of para-hydroxylation sites is 1. The van der Waals surface area contributed by atoms with Gasteiger partial charge in [0.1, 0.15) is 0 Å². The number of rotatable bonds is 3. The van der Waals surface area contributed by atoms with E-state index < -0.39 is 0 Å². The monoisotopic (exact) mass is 263 g/mol. The van der Waals surface area contributed by atoms with Crippen LogP contribution in [0, 0.1) is 0 Å². The van der Waals surface area contributed by atoms with Gasteiger partial charge in [-0.2, -0.15) is 5.10 Å². The molecule has 2 aromatic heterocycles. The lowest BCUT2D eigenvalue weighted by Crippen LogP contribution is -2.03. The number of anilines is 1. The van der Waals surface area contributed by atoms with Crippen LogP contribution >= 0.6 is 0 Å². The summed E-state index contributed by atoms with van der Waals surface area (Å²) in [5, 5.41) is 5.39. The first-order valence-corrected chi connectivity index (χ1v) is 6.25. The van der Waals surface area contributed by atoms with E-state index in [0.717, 1.165) is 22.3 Å². The van der Waals surface area contributed by atoms with Crippen molar-refractivity contribution in [1.82, 2.24) is 15.0 Å². The van der Waals surface area contributed by atoms with Crippen molar-refractivity contribution in [2.45, 2.75) is 6.92 Å². The zero-order chi connectivity index (χ0) is 13.8. The number of benzene rings is 1. The smallest absolute Gasteiger partial charge is 0.164 e. The van der Waals surface area contributed by atoms with Gasteiger partial charge in [-0.25, -0.2) is 9.97 Å². The molecule has 0 radical (unpaired) electrons. The van der Waals surface area contributed by atoms with Crippen LogP contribution in [0.25, 0.3) is 10.9 Å². The van der Waals surface area contributed by atoms with Gasteiger partial charge in [0.25, 0.3) is 0 Å². The van der Waals surface area contributed by atoms with Crippen LogP contribution in [0.5, 0.6) is 0 Å². The molecule has 20 heavy (non-hydrogen) atoms. The van der Waals surface area contributed by atoms with E-state index >= 15 is 0 Å². The number of aromatic nitrogens is 3. The molecule has 0 atom stereocenters. The summed E-state index contributed by atoms with van der Waals surface area (Å²) in [5.74, 6) is 0.604. The van der Waals surface area contributed by atoms with E-state index in [-0.39, 0.29) is 0 Å². The minimum Gasteiger partial charge on any atom is -0.260 e. The predicted octanol–water partition coefficient (Wildman–Crippen LogP) is 2.86. The zero-order valence-corrected chi connectivity index (χ0v) is 11.0. The molecule has 0 unspecified atom stereocenters. The Morgan fingerprint density at radius 3 is 2.85 bits per heavy atom. The first-order chi connectivity index (χ1) is 9.83. The van der Waals surface area contributed by atoms with Gasteiger partial charge in [0.2, 0.25) is 0 Å². The lowest BCUT2D eigenvalue weighted by Gasteiger charge is -2.03. The third kappa shape index (κ3) is 2.61. The third-order valence-electron chi connectivity index (χ3n) is 2.87. The van der Waals surface area contributed by atoms with Crippen molar-refractivity contribution in [3.05, 3.63) is 60.7 Å². The lowest BCUT2D eigenvalue weighted by atomic mass is 10.2. The van der Waals surface area contributed by atoms with Gasteiger partial charge in [-0.1, -0.05) is 24.3 Å². The molecule has 0 spiro atoms. The van der Waals surface area contributed by atoms with Crippen LogP contribution < -0.4 is 5.43 Å². The molecule has 3 aromatic rings. The Morgan fingerprint density at radius 2 is 2.00 bits per heavy atom. The van der Waals surface area contributed by atoms with Crippen molar-refractivity contribution in [3.8, 4) is 0 Å². The van der Waals surface area contributed by atoms with Crippen molar-refractivity contribution in [1.29, 1.82) is 0 Å². The fraction of sp³-hybridized carbons (Fsp3) is 0.0667. The van der Waals surface area contributed by atoms with Gasteiger partial charge < -0.3 is 0 Å². The van der Waals surface area contributed by atoms with Crippen molar-refractivity contribution in [2.75, 3.05) is 5.43 Å². The van der Waals surface area contributed by atoms with Gasteiger partial charge >= 0.3 is 0 Å². The molecule has 5 heteroatoms. The summed E-state index contributed by atoms with van der Waals surface area (Å²) in [4.78, 5) is 12.6. The SMILES string of the molecule is C/C(=N\Nc1cnccn1)c1ccc2ccccc2n1. The molecule has 3 rings (SSSR count). The zero-order valence-electron chi connectivity index (χ0n) is 11.0. The molecule has 2 heterocycles. The molecule has 1 aromatic carbocycles. The second kappa shape index (κ2) is 5.44. The molecule has 0 saturated heterocycles. The summed E-state index contributed by atoms with van der Waals surface area (Å²) in [7, 11) is 0. The third-order valence-corrected chi connectivity index (χ3v) is 2.87. The maximum atomic E-state index is 4.58. The first kappa shape index (κ1) is 12.2. The van der Waals surface area contributed by atoms with Crippen LogP contribution in [0.4, 0.5) is 5.82 Å². The van der Waals surface area contributed by atoms with Gasteiger partial charge in [0, 0.05) is 17.8 Å². The Balaban J connectivity index is 1.86. The van der Waals surface area contributed by atoms with E-state index in [1.165, 1.54) is 0 Å². The topological polar surface area (TPSA) is 63.1 Å². The van der Waals surface area contributed by atoms with E-state index in [0.29, 0.717) is 5.82 Å². The summed E-state index contributed by atoms with van der Waals surface area (Å²) in [6, 6.07) is 12.0. The lowest BCUT2D eigenvalue weighted by molar-refractivity contribution is 1.15. The molecule has 1 N–H and O–H groups in total. The number of hydrazone groups is 1. The summed E-state index contributed by atoms with van der Waals surface area (Å²) >= 11 is 0. The highest BCUT2D eigenvalue weighted by atomic mass is 15.3. The average molecular weight is 263 g/mol. The summed E-state index contributed by atoms with van der Waals surface area (Å²) in [6.45, 7) is 1.90. The van der Waals surface area contributed by atoms with Gasteiger partial charge in [0.15, 0.2) is 5.82 Å². The molecule has 0 aliphatic carbocycles. The Labute approximate surface area is 116 Å². The second-order valence-electron chi connectivity index (χ2n) is 4.29. The Bertz CT molecular complexity index is 752. The van der Waals surface area contributed by atoms with E-state index in [1.807, 2.05) is 43.3 Å². The largest absolute Gasteiger partial charge is 0.260 e.